The minimum Gasteiger partial charge on any atom is -0.386 e. The van der Waals surface area contributed by atoms with Crippen molar-refractivity contribution in [2.45, 2.75) is 44.9 Å². The molecule has 1 N–H and O–H groups in total. The fraction of sp³-hybridized carbons (Fsp3) is 0.647. The Morgan fingerprint density at radius 2 is 1.90 bits per heavy atom. The smallest absolute Gasteiger partial charge is 0.256 e. The van der Waals surface area contributed by atoms with E-state index in [0.29, 0.717) is 5.41 Å². The van der Waals surface area contributed by atoms with Gasteiger partial charge in [-0.3, -0.25) is 9.78 Å². The predicted molar refractivity (Wildman–Crippen MR) is 84.4 cm³/mol. The molecule has 2 heterocycles. The number of amides is 1. The molecule has 2 fully saturated rings. The summed E-state index contributed by atoms with van der Waals surface area (Å²) in [4.78, 5) is 18.8. The molecule has 0 radical (unpaired) electrons. The third-order valence-corrected chi connectivity index (χ3v) is 5.35. The van der Waals surface area contributed by atoms with E-state index in [4.69, 9.17) is 0 Å². The Morgan fingerprint density at radius 3 is 2.57 bits per heavy atom. The molecule has 1 aliphatic heterocycles. The molecule has 1 spiro atoms. The normalized spacial score (nSPS) is 21.3. The van der Waals surface area contributed by atoms with Gasteiger partial charge in [-0.05, 0) is 37.2 Å². The minimum atomic E-state index is 0.146. The highest BCUT2D eigenvalue weighted by Crippen LogP contribution is 2.44. The van der Waals surface area contributed by atoms with Gasteiger partial charge in [-0.25, -0.2) is 0 Å². The van der Waals surface area contributed by atoms with Crippen LogP contribution in [0, 0.1) is 5.41 Å². The predicted octanol–water partition coefficient (Wildman–Crippen LogP) is 3.31. The molecular formula is C17H25N3O. The van der Waals surface area contributed by atoms with Gasteiger partial charge in [-0.2, -0.15) is 0 Å². The van der Waals surface area contributed by atoms with E-state index in [2.05, 4.69) is 10.3 Å². The first-order valence-electron chi connectivity index (χ1n) is 8.15. The Bertz CT molecular complexity index is 499. The Morgan fingerprint density at radius 1 is 1.19 bits per heavy atom. The SMILES string of the molecule is CNc1cnccc1C(=O)N1CCC2(CCCCC2)CC1. The molecule has 1 saturated carbocycles. The first-order chi connectivity index (χ1) is 10.2. The van der Waals surface area contributed by atoms with Gasteiger partial charge in [0.1, 0.15) is 0 Å². The summed E-state index contributed by atoms with van der Waals surface area (Å²) in [7, 11) is 1.83. The molecule has 0 unspecified atom stereocenters. The van der Waals surface area contributed by atoms with Crippen LogP contribution in [-0.2, 0) is 0 Å². The first kappa shape index (κ1) is 14.4. The number of anilines is 1. The lowest BCUT2D eigenvalue weighted by Gasteiger charge is -2.44. The van der Waals surface area contributed by atoms with Gasteiger partial charge in [0, 0.05) is 26.3 Å². The molecule has 1 aromatic rings. The fourth-order valence-electron chi connectivity index (χ4n) is 3.94. The van der Waals surface area contributed by atoms with E-state index in [1.54, 1.807) is 12.4 Å². The molecule has 2 aliphatic rings. The van der Waals surface area contributed by atoms with Gasteiger partial charge in [-0.1, -0.05) is 19.3 Å². The van der Waals surface area contributed by atoms with E-state index in [1.807, 2.05) is 18.0 Å². The van der Waals surface area contributed by atoms with Crippen LogP contribution in [0.15, 0.2) is 18.5 Å². The Balaban J connectivity index is 1.67. The Hall–Kier alpha value is -1.58. The number of pyridine rings is 1. The fourth-order valence-corrected chi connectivity index (χ4v) is 3.94. The molecule has 21 heavy (non-hydrogen) atoms. The maximum Gasteiger partial charge on any atom is 0.256 e. The molecule has 3 rings (SSSR count). The Kier molecular flexibility index (Phi) is 4.13. The average molecular weight is 287 g/mol. The highest BCUT2D eigenvalue weighted by molar-refractivity contribution is 5.99. The number of carbonyl (C=O) groups excluding carboxylic acids is 1. The van der Waals surface area contributed by atoms with E-state index in [-0.39, 0.29) is 5.91 Å². The summed E-state index contributed by atoms with van der Waals surface area (Å²) in [5.41, 5.74) is 2.10. The average Bonchev–Trinajstić information content (AvgIpc) is 2.56. The van der Waals surface area contributed by atoms with Crippen LogP contribution in [0.2, 0.25) is 0 Å². The van der Waals surface area contributed by atoms with Crippen molar-refractivity contribution < 1.29 is 4.79 Å². The van der Waals surface area contributed by atoms with Crippen LogP contribution in [0.25, 0.3) is 0 Å². The van der Waals surface area contributed by atoms with Gasteiger partial charge < -0.3 is 10.2 Å². The van der Waals surface area contributed by atoms with Crippen LogP contribution in [-0.4, -0.2) is 35.9 Å². The standard InChI is InChI=1S/C17H25N3O/c1-18-15-13-19-10-5-14(15)16(21)20-11-8-17(9-12-20)6-3-2-4-7-17/h5,10,13,18H,2-4,6-9,11-12H2,1H3. The number of aromatic nitrogens is 1. The highest BCUT2D eigenvalue weighted by Gasteiger charge is 2.36. The van der Waals surface area contributed by atoms with Crippen LogP contribution in [0.3, 0.4) is 0 Å². The maximum absolute atomic E-state index is 12.7. The lowest BCUT2D eigenvalue weighted by atomic mass is 9.68. The van der Waals surface area contributed by atoms with Crippen molar-refractivity contribution in [3.8, 4) is 0 Å². The van der Waals surface area contributed by atoms with Gasteiger partial charge in [0.25, 0.3) is 5.91 Å². The molecular weight excluding hydrogens is 262 g/mol. The zero-order valence-electron chi connectivity index (χ0n) is 12.9. The lowest BCUT2D eigenvalue weighted by molar-refractivity contribution is 0.0472. The first-order valence-corrected chi connectivity index (χ1v) is 8.15. The lowest BCUT2D eigenvalue weighted by Crippen LogP contribution is -2.44. The molecule has 1 aromatic heterocycles. The topological polar surface area (TPSA) is 45.2 Å². The molecule has 1 saturated heterocycles. The van der Waals surface area contributed by atoms with E-state index in [0.717, 1.165) is 24.3 Å². The third-order valence-electron chi connectivity index (χ3n) is 5.35. The van der Waals surface area contributed by atoms with Crippen molar-refractivity contribution in [2.75, 3.05) is 25.5 Å². The van der Waals surface area contributed by atoms with Gasteiger partial charge >= 0.3 is 0 Å². The number of nitrogens with one attached hydrogen (secondary N) is 1. The zero-order chi connectivity index (χ0) is 14.7. The molecule has 0 atom stereocenters. The van der Waals surface area contributed by atoms with Crippen LogP contribution in [0.4, 0.5) is 5.69 Å². The number of piperidine rings is 1. The van der Waals surface area contributed by atoms with E-state index in [1.165, 1.54) is 44.9 Å². The second-order valence-corrected chi connectivity index (χ2v) is 6.52. The van der Waals surface area contributed by atoms with Gasteiger partial charge in [0.15, 0.2) is 0 Å². The summed E-state index contributed by atoms with van der Waals surface area (Å²) in [6.07, 6.45) is 12.7. The van der Waals surface area contributed by atoms with Crippen molar-refractivity contribution in [3.63, 3.8) is 0 Å². The maximum atomic E-state index is 12.7. The molecule has 1 amide bonds. The third kappa shape index (κ3) is 2.89. The van der Waals surface area contributed by atoms with Crippen LogP contribution >= 0.6 is 0 Å². The van der Waals surface area contributed by atoms with Crippen LogP contribution in [0.1, 0.15) is 55.3 Å². The zero-order valence-corrected chi connectivity index (χ0v) is 12.9. The van der Waals surface area contributed by atoms with E-state index >= 15 is 0 Å². The van der Waals surface area contributed by atoms with Crippen molar-refractivity contribution in [3.05, 3.63) is 24.0 Å². The van der Waals surface area contributed by atoms with Crippen molar-refractivity contribution >= 4 is 11.6 Å². The summed E-state index contributed by atoms with van der Waals surface area (Å²) in [6.45, 7) is 1.81. The highest BCUT2D eigenvalue weighted by atomic mass is 16.2. The summed E-state index contributed by atoms with van der Waals surface area (Å²) in [5, 5.41) is 3.06. The summed E-state index contributed by atoms with van der Waals surface area (Å²) >= 11 is 0. The number of rotatable bonds is 2. The Labute approximate surface area is 126 Å². The quantitative estimate of drug-likeness (QED) is 0.907. The molecule has 0 aromatic carbocycles. The molecule has 0 bridgehead atoms. The number of hydrogen-bond donors (Lipinski definition) is 1. The number of nitrogens with zero attached hydrogens (tertiary/aromatic N) is 2. The largest absolute Gasteiger partial charge is 0.386 e. The van der Waals surface area contributed by atoms with Gasteiger partial charge in [0.05, 0.1) is 17.4 Å². The monoisotopic (exact) mass is 287 g/mol. The van der Waals surface area contributed by atoms with E-state index < -0.39 is 0 Å². The summed E-state index contributed by atoms with van der Waals surface area (Å²) < 4.78 is 0. The summed E-state index contributed by atoms with van der Waals surface area (Å²) in [6, 6.07) is 1.82. The number of hydrogen-bond acceptors (Lipinski definition) is 3. The second kappa shape index (κ2) is 6.04. The van der Waals surface area contributed by atoms with Gasteiger partial charge in [0.2, 0.25) is 0 Å². The number of likely N-dealkylation sites (tertiary alicyclic amines) is 1. The van der Waals surface area contributed by atoms with Crippen molar-refractivity contribution in [1.82, 2.24) is 9.88 Å². The molecule has 4 heteroatoms. The molecule has 4 nitrogen and oxygen atoms in total. The van der Waals surface area contributed by atoms with Gasteiger partial charge in [-0.15, -0.1) is 0 Å². The van der Waals surface area contributed by atoms with E-state index in [9.17, 15) is 4.79 Å². The second-order valence-electron chi connectivity index (χ2n) is 6.52. The van der Waals surface area contributed by atoms with Crippen molar-refractivity contribution in [1.29, 1.82) is 0 Å². The molecule has 1 aliphatic carbocycles. The van der Waals surface area contributed by atoms with Crippen LogP contribution < -0.4 is 5.32 Å². The van der Waals surface area contributed by atoms with Crippen molar-refractivity contribution in [2.24, 2.45) is 5.41 Å². The minimum absolute atomic E-state index is 0.146. The molecule has 114 valence electrons. The number of carbonyl (C=O) groups is 1. The van der Waals surface area contributed by atoms with Crippen LogP contribution in [0.5, 0.6) is 0 Å². The summed E-state index contributed by atoms with van der Waals surface area (Å²) in [5.74, 6) is 0.146.